The number of benzene rings is 1. The van der Waals surface area contributed by atoms with Crippen LogP contribution in [-0.2, 0) is 11.0 Å². The first-order valence-electron chi connectivity index (χ1n) is 6.44. The van der Waals surface area contributed by atoms with Crippen molar-refractivity contribution in [2.75, 3.05) is 0 Å². The van der Waals surface area contributed by atoms with Crippen molar-refractivity contribution in [2.24, 2.45) is 0 Å². The molecule has 0 aliphatic rings. The van der Waals surface area contributed by atoms with Crippen LogP contribution in [0.15, 0.2) is 42.6 Å². The molecule has 1 heterocycles. The molecule has 0 N–H and O–H groups in total. The van der Waals surface area contributed by atoms with Crippen molar-refractivity contribution >= 4 is 5.97 Å². The second-order valence-corrected chi connectivity index (χ2v) is 4.54. The van der Waals surface area contributed by atoms with Gasteiger partial charge in [-0.05, 0) is 37.3 Å². The summed E-state index contributed by atoms with van der Waals surface area (Å²) in [5.41, 5.74) is -0.870. The molecule has 1 aromatic heterocycles. The summed E-state index contributed by atoms with van der Waals surface area (Å²) in [5, 5.41) is 10.6. The maximum Gasteiger partial charge on any atom is 1.00 e. The number of carboxylic acids is 1. The molecule has 5 nitrogen and oxygen atoms in total. The van der Waals surface area contributed by atoms with Gasteiger partial charge in [0, 0.05) is 12.3 Å². The summed E-state index contributed by atoms with van der Waals surface area (Å²) in [4.78, 5) is 14.1. The number of carbonyl (C=O) groups is 1. The molecule has 9 heteroatoms. The molecule has 0 aliphatic carbocycles. The van der Waals surface area contributed by atoms with Crippen LogP contribution < -0.4 is 44.1 Å². The predicted octanol–water partition coefficient (Wildman–Crippen LogP) is -0.586. The Labute approximate surface area is 157 Å². The number of ether oxygens (including phenoxy) is 2. The largest absolute Gasteiger partial charge is 1.00 e. The summed E-state index contributed by atoms with van der Waals surface area (Å²) in [6.45, 7) is 1.33. The van der Waals surface area contributed by atoms with Crippen LogP contribution in [-0.4, -0.2) is 17.1 Å². The smallest absolute Gasteiger partial charge is 0.546 e. The standard InChI is InChI=1S/C15H12F3NO4.Na/c1-9(14(20)21)22-11-3-5-12(6-4-11)23-13-7-2-10(8-19-13)15(16,17)18;/h2-9H,1H3,(H,20,21);/q;+1/p-1. The molecular formula is C15H11F3NNaO4. The van der Waals surface area contributed by atoms with E-state index in [1.807, 2.05) is 0 Å². The second kappa shape index (κ2) is 8.36. The minimum Gasteiger partial charge on any atom is -0.546 e. The van der Waals surface area contributed by atoms with Gasteiger partial charge in [-0.15, -0.1) is 0 Å². The van der Waals surface area contributed by atoms with Gasteiger partial charge < -0.3 is 19.4 Å². The van der Waals surface area contributed by atoms with E-state index in [0.29, 0.717) is 11.9 Å². The van der Waals surface area contributed by atoms with E-state index in [1.165, 1.54) is 31.2 Å². The molecule has 2 rings (SSSR count). The van der Waals surface area contributed by atoms with Gasteiger partial charge in [0.2, 0.25) is 5.88 Å². The van der Waals surface area contributed by atoms with E-state index in [-0.39, 0.29) is 41.2 Å². The minimum absolute atomic E-state index is 0. The van der Waals surface area contributed by atoms with E-state index in [9.17, 15) is 23.1 Å². The normalized spacial score (nSPS) is 12.0. The van der Waals surface area contributed by atoms with Gasteiger partial charge in [0.05, 0.1) is 11.5 Å². The van der Waals surface area contributed by atoms with Crippen molar-refractivity contribution < 1.29 is 62.1 Å². The minimum atomic E-state index is -4.46. The Morgan fingerprint density at radius 1 is 1.12 bits per heavy atom. The Morgan fingerprint density at radius 2 is 1.71 bits per heavy atom. The van der Waals surface area contributed by atoms with Crippen molar-refractivity contribution in [2.45, 2.75) is 19.2 Å². The van der Waals surface area contributed by atoms with E-state index >= 15 is 0 Å². The van der Waals surface area contributed by atoms with Gasteiger partial charge in [-0.1, -0.05) is 0 Å². The van der Waals surface area contributed by atoms with E-state index in [1.54, 1.807) is 0 Å². The van der Waals surface area contributed by atoms with E-state index in [2.05, 4.69) is 4.98 Å². The van der Waals surface area contributed by atoms with Crippen molar-refractivity contribution in [3.8, 4) is 17.4 Å². The molecule has 0 spiro atoms. The number of pyridine rings is 1. The number of carboxylic acid groups (broad SMARTS) is 1. The Balaban J connectivity index is 0.00000288. The van der Waals surface area contributed by atoms with Gasteiger partial charge in [-0.3, -0.25) is 0 Å². The molecule has 0 amide bonds. The number of hydrogen-bond donors (Lipinski definition) is 0. The van der Waals surface area contributed by atoms with E-state index < -0.39 is 23.8 Å². The molecule has 122 valence electrons. The van der Waals surface area contributed by atoms with Gasteiger partial charge in [-0.25, -0.2) is 4.98 Å². The number of hydrogen-bond acceptors (Lipinski definition) is 5. The summed E-state index contributed by atoms with van der Waals surface area (Å²) < 4.78 is 47.6. The fraction of sp³-hybridized carbons (Fsp3) is 0.200. The first-order chi connectivity index (χ1) is 10.8. The zero-order chi connectivity index (χ0) is 17.0. The molecular weight excluding hydrogens is 338 g/mol. The molecule has 0 radical (unpaired) electrons. The third-order valence-electron chi connectivity index (χ3n) is 2.75. The quantitative estimate of drug-likeness (QED) is 0.675. The summed E-state index contributed by atoms with van der Waals surface area (Å²) in [6.07, 6.45) is -4.90. The molecule has 1 aromatic carbocycles. The summed E-state index contributed by atoms with van der Waals surface area (Å²) in [6, 6.07) is 7.82. The topological polar surface area (TPSA) is 71.5 Å². The first-order valence-corrected chi connectivity index (χ1v) is 6.44. The first kappa shape index (κ1) is 20.3. The summed E-state index contributed by atoms with van der Waals surface area (Å²) >= 11 is 0. The molecule has 24 heavy (non-hydrogen) atoms. The maximum atomic E-state index is 12.4. The van der Waals surface area contributed by atoms with Crippen LogP contribution in [0.5, 0.6) is 17.4 Å². The number of halogens is 3. The molecule has 0 aliphatic heterocycles. The van der Waals surface area contributed by atoms with E-state index in [4.69, 9.17) is 9.47 Å². The van der Waals surface area contributed by atoms with Crippen LogP contribution >= 0.6 is 0 Å². The fourth-order valence-electron chi connectivity index (χ4n) is 1.57. The van der Waals surface area contributed by atoms with Crippen LogP contribution in [0, 0.1) is 0 Å². The summed E-state index contributed by atoms with van der Waals surface area (Å²) in [7, 11) is 0. The van der Waals surface area contributed by atoms with Crippen LogP contribution in [0.25, 0.3) is 0 Å². The van der Waals surface area contributed by atoms with Gasteiger partial charge in [0.15, 0.2) is 0 Å². The predicted molar refractivity (Wildman–Crippen MR) is 70.9 cm³/mol. The molecule has 0 fully saturated rings. The number of aromatic nitrogens is 1. The SMILES string of the molecule is CC(Oc1ccc(Oc2ccc(C(F)(F)F)cn2)cc1)C(=O)[O-].[Na+]. The van der Waals surface area contributed by atoms with E-state index in [0.717, 1.165) is 12.1 Å². The monoisotopic (exact) mass is 349 g/mol. The van der Waals surface area contributed by atoms with Gasteiger partial charge >= 0.3 is 35.7 Å². The Kier molecular flexibility index (Phi) is 7.07. The van der Waals surface area contributed by atoms with Crippen molar-refractivity contribution in [1.29, 1.82) is 0 Å². The zero-order valence-corrected chi connectivity index (χ0v) is 14.8. The number of aliphatic carboxylic acids is 1. The van der Waals surface area contributed by atoms with Gasteiger partial charge in [0.25, 0.3) is 0 Å². The van der Waals surface area contributed by atoms with Crippen LogP contribution in [0.4, 0.5) is 13.2 Å². The Bertz CT molecular complexity index is 675. The maximum absolute atomic E-state index is 12.4. The number of nitrogens with zero attached hydrogens (tertiary/aromatic N) is 1. The molecule has 0 saturated carbocycles. The summed E-state index contributed by atoms with van der Waals surface area (Å²) in [5.74, 6) is -0.755. The fourth-order valence-corrected chi connectivity index (χ4v) is 1.57. The van der Waals surface area contributed by atoms with Crippen LogP contribution in [0.3, 0.4) is 0 Å². The average molecular weight is 349 g/mol. The van der Waals surface area contributed by atoms with Crippen LogP contribution in [0.2, 0.25) is 0 Å². The van der Waals surface area contributed by atoms with Gasteiger partial charge in [-0.2, -0.15) is 13.2 Å². The van der Waals surface area contributed by atoms with Crippen molar-refractivity contribution in [1.82, 2.24) is 4.98 Å². The Morgan fingerprint density at radius 3 is 2.17 bits per heavy atom. The number of carbonyl (C=O) groups excluding carboxylic acids is 1. The zero-order valence-electron chi connectivity index (χ0n) is 12.8. The molecule has 1 atom stereocenters. The average Bonchev–Trinajstić information content (AvgIpc) is 2.49. The van der Waals surface area contributed by atoms with Crippen molar-refractivity contribution in [3.05, 3.63) is 48.2 Å². The number of alkyl halides is 3. The third-order valence-corrected chi connectivity index (χ3v) is 2.75. The Hall–Kier alpha value is -1.77. The van der Waals surface area contributed by atoms with Gasteiger partial charge in [0.1, 0.15) is 17.6 Å². The van der Waals surface area contributed by atoms with Crippen LogP contribution in [0.1, 0.15) is 12.5 Å². The second-order valence-electron chi connectivity index (χ2n) is 4.54. The molecule has 0 saturated heterocycles. The molecule has 0 bridgehead atoms. The molecule has 2 aromatic rings. The van der Waals surface area contributed by atoms with Crippen molar-refractivity contribution in [3.63, 3.8) is 0 Å². The molecule has 1 unspecified atom stereocenters. The number of rotatable bonds is 5. The third kappa shape index (κ3) is 5.70.